The van der Waals surface area contributed by atoms with Gasteiger partial charge in [-0.2, -0.15) is 0 Å². The molecule has 4 heteroatoms. The van der Waals surface area contributed by atoms with Crippen molar-refractivity contribution in [2.24, 2.45) is 0 Å². The quantitative estimate of drug-likeness (QED) is 0.756. The number of nitrogens with one attached hydrogen (secondary N) is 1. The first kappa shape index (κ1) is 9.42. The van der Waals surface area contributed by atoms with E-state index in [4.69, 9.17) is 11.6 Å². The molecule has 0 heterocycles. The highest BCUT2D eigenvalue weighted by Crippen LogP contribution is 2.15. The molecule has 1 rings (SSSR count). The van der Waals surface area contributed by atoms with Gasteiger partial charge in [-0.3, -0.25) is 4.79 Å². The Kier molecular flexibility index (Phi) is 3.44. The molecule has 0 radical (unpaired) electrons. The monoisotopic (exact) mass is 201 g/mol. The first-order chi connectivity index (χ1) is 5.72. The number of hydrogen-bond donors (Lipinski definition) is 1. The molecule has 0 saturated carbocycles. The summed E-state index contributed by atoms with van der Waals surface area (Å²) in [7, 11) is 0. The molecule has 0 aliphatic carbocycles. The van der Waals surface area contributed by atoms with Gasteiger partial charge in [0.2, 0.25) is 0 Å². The van der Waals surface area contributed by atoms with Crippen molar-refractivity contribution in [3.63, 3.8) is 0 Å². The van der Waals surface area contributed by atoms with E-state index in [1.807, 2.05) is 0 Å². The molecule has 0 spiro atoms. The second-order valence-corrected chi connectivity index (χ2v) is 3.34. The summed E-state index contributed by atoms with van der Waals surface area (Å²) in [6.07, 6.45) is 1.72. The van der Waals surface area contributed by atoms with Crippen LogP contribution in [0.1, 0.15) is 0 Å². The van der Waals surface area contributed by atoms with Crippen LogP contribution in [0.5, 0.6) is 0 Å². The molecule has 12 heavy (non-hydrogen) atoms. The average Bonchev–Trinajstić information content (AvgIpc) is 2.04. The van der Waals surface area contributed by atoms with Gasteiger partial charge in [-0.1, -0.05) is 29.4 Å². The number of anilines is 1. The van der Waals surface area contributed by atoms with Gasteiger partial charge in [0, 0.05) is 10.7 Å². The fourth-order valence-corrected chi connectivity index (χ4v) is 1.15. The van der Waals surface area contributed by atoms with Gasteiger partial charge in [0.1, 0.15) is 0 Å². The number of carbonyl (C=O) groups is 1. The summed E-state index contributed by atoms with van der Waals surface area (Å²) in [5.74, 6) is 0. The zero-order valence-electron chi connectivity index (χ0n) is 6.50. The molecule has 0 unspecified atom stereocenters. The molecule has 1 amide bonds. The largest absolute Gasteiger partial charge is 0.317 e. The predicted octanol–water partition coefficient (Wildman–Crippen LogP) is 3.23. The third kappa shape index (κ3) is 2.75. The maximum absolute atomic E-state index is 10.9. The van der Waals surface area contributed by atoms with Crippen molar-refractivity contribution in [3.8, 4) is 0 Å². The Morgan fingerprint density at radius 3 is 2.92 bits per heavy atom. The van der Waals surface area contributed by atoms with Crippen LogP contribution in [0.3, 0.4) is 0 Å². The van der Waals surface area contributed by atoms with Crippen molar-refractivity contribution >= 4 is 34.3 Å². The maximum Gasteiger partial charge on any atom is 0.283 e. The fourth-order valence-electron chi connectivity index (χ4n) is 0.735. The van der Waals surface area contributed by atoms with E-state index in [-0.39, 0.29) is 5.24 Å². The van der Waals surface area contributed by atoms with Crippen LogP contribution >= 0.6 is 23.4 Å². The number of benzene rings is 1. The summed E-state index contributed by atoms with van der Waals surface area (Å²) in [6, 6.07) is 7.05. The molecule has 1 aromatic carbocycles. The lowest BCUT2D eigenvalue weighted by Gasteiger charge is -2.01. The van der Waals surface area contributed by atoms with E-state index < -0.39 is 0 Å². The summed E-state index contributed by atoms with van der Waals surface area (Å²) >= 11 is 6.85. The lowest BCUT2D eigenvalue weighted by Crippen LogP contribution is -2.03. The van der Waals surface area contributed by atoms with Gasteiger partial charge in [0.25, 0.3) is 5.24 Å². The highest BCUT2D eigenvalue weighted by molar-refractivity contribution is 8.13. The molecule has 0 aromatic heterocycles. The van der Waals surface area contributed by atoms with Crippen LogP contribution in [-0.2, 0) is 0 Å². The van der Waals surface area contributed by atoms with Crippen molar-refractivity contribution in [2.75, 3.05) is 11.6 Å². The maximum atomic E-state index is 10.9. The van der Waals surface area contributed by atoms with E-state index in [0.29, 0.717) is 5.02 Å². The number of rotatable bonds is 1. The standard InChI is InChI=1S/C8H8ClNOS/c1-12-8(11)10-7-4-2-3-6(9)5-7/h2-5H,1H3,(H,10,11). The minimum Gasteiger partial charge on any atom is -0.317 e. The zero-order valence-corrected chi connectivity index (χ0v) is 8.08. The van der Waals surface area contributed by atoms with Gasteiger partial charge < -0.3 is 5.32 Å². The Hall–Kier alpha value is -0.670. The van der Waals surface area contributed by atoms with Crippen LogP contribution in [0.15, 0.2) is 24.3 Å². The van der Waals surface area contributed by atoms with Crippen LogP contribution in [0.4, 0.5) is 10.5 Å². The lowest BCUT2D eigenvalue weighted by molar-refractivity contribution is 0.270. The van der Waals surface area contributed by atoms with Gasteiger partial charge in [0.15, 0.2) is 0 Å². The summed E-state index contributed by atoms with van der Waals surface area (Å²) in [4.78, 5) is 10.9. The van der Waals surface area contributed by atoms with Crippen molar-refractivity contribution in [2.45, 2.75) is 0 Å². The first-order valence-electron chi connectivity index (χ1n) is 3.33. The SMILES string of the molecule is CSC(=O)Nc1cccc(Cl)c1. The molecule has 64 valence electrons. The Morgan fingerprint density at radius 1 is 1.58 bits per heavy atom. The molecule has 0 aliphatic rings. The summed E-state index contributed by atoms with van der Waals surface area (Å²) in [5, 5.41) is 3.21. The fraction of sp³-hybridized carbons (Fsp3) is 0.125. The van der Waals surface area contributed by atoms with Gasteiger partial charge in [-0.15, -0.1) is 0 Å². The van der Waals surface area contributed by atoms with Crippen molar-refractivity contribution in [1.82, 2.24) is 0 Å². The molecule has 0 atom stereocenters. The van der Waals surface area contributed by atoms with Crippen molar-refractivity contribution in [3.05, 3.63) is 29.3 Å². The average molecular weight is 202 g/mol. The smallest absolute Gasteiger partial charge is 0.283 e. The highest BCUT2D eigenvalue weighted by atomic mass is 35.5. The Morgan fingerprint density at radius 2 is 2.33 bits per heavy atom. The topological polar surface area (TPSA) is 29.1 Å². The normalized spacial score (nSPS) is 9.50. The second-order valence-electron chi connectivity index (χ2n) is 2.13. The van der Waals surface area contributed by atoms with E-state index in [2.05, 4.69) is 5.32 Å². The van der Waals surface area contributed by atoms with Gasteiger partial charge in [-0.05, 0) is 24.5 Å². The van der Waals surface area contributed by atoms with E-state index in [1.165, 1.54) is 0 Å². The van der Waals surface area contributed by atoms with Crippen molar-refractivity contribution in [1.29, 1.82) is 0 Å². The minimum absolute atomic E-state index is 0.0859. The van der Waals surface area contributed by atoms with E-state index in [9.17, 15) is 4.79 Å². The molecular formula is C8H8ClNOS. The van der Waals surface area contributed by atoms with E-state index >= 15 is 0 Å². The summed E-state index contributed by atoms with van der Waals surface area (Å²) < 4.78 is 0. The van der Waals surface area contributed by atoms with Crippen LogP contribution in [0.2, 0.25) is 5.02 Å². The minimum atomic E-state index is -0.0859. The number of hydrogen-bond acceptors (Lipinski definition) is 2. The molecular weight excluding hydrogens is 194 g/mol. The zero-order chi connectivity index (χ0) is 8.97. The number of carbonyl (C=O) groups excluding carboxylic acids is 1. The van der Waals surface area contributed by atoms with Crippen LogP contribution in [0.25, 0.3) is 0 Å². The van der Waals surface area contributed by atoms with Crippen LogP contribution in [0, 0.1) is 0 Å². The first-order valence-corrected chi connectivity index (χ1v) is 4.93. The van der Waals surface area contributed by atoms with Gasteiger partial charge >= 0.3 is 0 Å². The second kappa shape index (κ2) is 4.38. The van der Waals surface area contributed by atoms with Gasteiger partial charge in [0.05, 0.1) is 0 Å². The lowest BCUT2D eigenvalue weighted by atomic mass is 10.3. The molecule has 1 aromatic rings. The highest BCUT2D eigenvalue weighted by Gasteiger charge is 1.98. The van der Waals surface area contributed by atoms with E-state index in [1.54, 1.807) is 30.5 Å². The van der Waals surface area contributed by atoms with Crippen LogP contribution in [-0.4, -0.2) is 11.5 Å². The Bertz CT molecular complexity index is 290. The number of halogens is 1. The van der Waals surface area contributed by atoms with Crippen molar-refractivity contribution < 1.29 is 4.79 Å². The Labute approximate surface area is 80.3 Å². The third-order valence-corrected chi connectivity index (χ3v) is 1.96. The molecule has 2 nitrogen and oxygen atoms in total. The Balaban J connectivity index is 2.69. The van der Waals surface area contributed by atoms with Crippen LogP contribution < -0.4 is 5.32 Å². The molecule has 1 N–H and O–H groups in total. The number of thioether (sulfide) groups is 1. The summed E-state index contributed by atoms with van der Waals surface area (Å²) in [5.41, 5.74) is 0.724. The molecule has 0 aliphatic heterocycles. The molecule has 0 fully saturated rings. The van der Waals surface area contributed by atoms with Gasteiger partial charge in [-0.25, -0.2) is 0 Å². The number of amides is 1. The predicted molar refractivity (Wildman–Crippen MR) is 54.0 cm³/mol. The van der Waals surface area contributed by atoms with E-state index in [0.717, 1.165) is 17.4 Å². The third-order valence-electron chi connectivity index (χ3n) is 1.26. The summed E-state index contributed by atoms with van der Waals surface area (Å²) in [6.45, 7) is 0. The molecule has 0 bridgehead atoms. The molecule has 0 saturated heterocycles.